The number of nitrogens with zero attached hydrogens (tertiary/aromatic N) is 1. The van der Waals surface area contributed by atoms with Crippen LogP contribution in [0.4, 0.5) is 5.69 Å². The molecule has 0 saturated heterocycles. The van der Waals surface area contributed by atoms with Gasteiger partial charge in [-0.05, 0) is 12.1 Å². The molecule has 0 bridgehead atoms. The van der Waals surface area contributed by atoms with E-state index in [0.717, 1.165) is 5.69 Å². The van der Waals surface area contributed by atoms with Crippen molar-refractivity contribution in [3.63, 3.8) is 0 Å². The summed E-state index contributed by atoms with van der Waals surface area (Å²) in [5.74, 6) is -1.33. The molecule has 0 aliphatic carbocycles. The summed E-state index contributed by atoms with van der Waals surface area (Å²) >= 11 is 0. The van der Waals surface area contributed by atoms with Crippen LogP contribution in [0.3, 0.4) is 0 Å². The zero-order valence-electron chi connectivity index (χ0n) is 10.7. The van der Waals surface area contributed by atoms with E-state index in [9.17, 15) is 13.2 Å². The average molecular weight is 283 g/mol. The average Bonchev–Trinajstić information content (AvgIpc) is 2.26. The fourth-order valence-electron chi connectivity index (χ4n) is 1.41. The van der Waals surface area contributed by atoms with Gasteiger partial charge in [-0.2, -0.15) is 8.42 Å². The van der Waals surface area contributed by atoms with Crippen LogP contribution < -0.4 is 10.4 Å². The number of carbonyl (C=O) groups excluding carboxylic acids is 1. The normalized spacial score (nSPS) is 11.1. The predicted molar refractivity (Wildman–Crippen MR) is 72.9 cm³/mol. The Kier molecular flexibility index (Phi) is 4.96. The van der Waals surface area contributed by atoms with Crippen molar-refractivity contribution >= 4 is 35.1 Å². The maximum Gasteiger partial charge on any atom is 0.338 e. The summed E-state index contributed by atoms with van der Waals surface area (Å²) in [7, 11) is 5.27. The third kappa shape index (κ3) is 4.92. The molecule has 0 aliphatic heterocycles. The van der Waals surface area contributed by atoms with Crippen LogP contribution in [0.5, 0.6) is 0 Å². The molecule has 0 aromatic heterocycles. The highest BCUT2D eigenvalue weighted by atomic mass is 32.2. The molecular weight excluding hydrogens is 269 g/mol. The van der Waals surface area contributed by atoms with E-state index in [-0.39, 0.29) is 5.56 Å². The SMILES string of the molecule is [B]c1cc(C(=O)OCCS(=O)(=O)O)ccc1N(C)C. The monoisotopic (exact) mass is 283 g/mol. The Morgan fingerprint density at radius 3 is 2.53 bits per heavy atom. The van der Waals surface area contributed by atoms with Gasteiger partial charge in [-0.3, -0.25) is 4.55 Å². The van der Waals surface area contributed by atoms with Crippen LogP contribution in [0.15, 0.2) is 18.2 Å². The van der Waals surface area contributed by atoms with Gasteiger partial charge in [0.05, 0.1) is 5.56 Å². The summed E-state index contributed by atoms with van der Waals surface area (Å²) in [6.07, 6.45) is 0. The summed E-state index contributed by atoms with van der Waals surface area (Å²) in [4.78, 5) is 13.4. The molecule has 0 aliphatic rings. The predicted octanol–water partition coefficient (Wildman–Crippen LogP) is -0.409. The molecule has 1 aromatic rings. The highest BCUT2D eigenvalue weighted by Gasteiger charge is 2.11. The molecule has 19 heavy (non-hydrogen) atoms. The van der Waals surface area contributed by atoms with E-state index in [4.69, 9.17) is 17.1 Å². The minimum absolute atomic E-state index is 0.221. The Morgan fingerprint density at radius 1 is 1.42 bits per heavy atom. The van der Waals surface area contributed by atoms with Crippen molar-refractivity contribution in [3.05, 3.63) is 23.8 Å². The Morgan fingerprint density at radius 2 is 2.05 bits per heavy atom. The third-order valence-electron chi connectivity index (χ3n) is 2.32. The number of hydrogen-bond donors (Lipinski definition) is 1. The molecular formula is C11H14BNO5S. The first-order chi connectivity index (χ1) is 8.70. The molecule has 6 nitrogen and oxygen atoms in total. The van der Waals surface area contributed by atoms with E-state index < -0.39 is 28.4 Å². The maximum atomic E-state index is 11.6. The van der Waals surface area contributed by atoms with Crippen LogP contribution in [0, 0.1) is 0 Å². The lowest BCUT2D eigenvalue weighted by Gasteiger charge is -2.16. The number of esters is 1. The quantitative estimate of drug-likeness (QED) is 0.449. The van der Waals surface area contributed by atoms with Crippen molar-refractivity contribution in [2.24, 2.45) is 0 Å². The number of anilines is 1. The lowest BCUT2D eigenvalue weighted by molar-refractivity contribution is 0.0528. The first-order valence-corrected chi connectivity index (χ1v) is 7.01. The molecule has 0 heterocycles. The second-order valence-corrected chi connectivity index (χ2v) is 5.66. The molecule has 1 aromatic carbocycles. The Labute approximate surface area is 113 Å². The second-order valence-electron chi connectivity index (χ2n) is 4.09. The topological polar surface area (TPSA) is 83.9 Å². The van der Waals surface area contributed by atoms with E-state index in [1.54, 1.807) is 11.0 Å². The van der Waals surface area contributed by atoms with E-state index in [1.807, 2.05) is 14.1 Å². The zero-order chi connectivity index (χ0) is 14.6. The fraction of sp³-hybridized carbons (Fsp3) is 0.364. The fourth-order valence-corrected chi connectivity index (χ4v) is 1.71. The Bertz CT molecular complexity index is 570. The van der Waals surface area contributed by atoms with Gasteiger partial charge < -0.3 is 9.64 Å². The minimum atomic E-state index is -4.14. The van der Waals surface area contributed by atoms with Gasteiger partial charge in [0.1, 0.15) is 20.2 Å². The first-order valence-electron chi connectivity index (χ1n) is 5.40. The Balaban J connectivity index is 2.71. The van der Waals surface area contributed by atoms with Crippen LogP contribution in [-0.2, 0) is 14.9 Å². The minimum Gasteiger partial charge on any atom is -0.461 e. The second kappa shape index (κ2) is 6.07. The van der Waals surface area contributed by atoms with Crippen molar-refractivity contribution in [2.45, 2.75) is 0 Å². The van der Waals surface area contributed by atoms with Gasteiger partial charge in [0.15, 0.2) is 0 Å². The summed E-state index contributed by atoms with van der Waals surface area (Å²) in [5.41, 5.74) is 1.39. The molecule has 0 atom stereocenters. The summed E-state index contributed by atoms with van der Waals surface area (Å²) < 4.78 is 34.1. The van der Waals surface area contributed by atoms with E-state index in [1.165, 1.54) is 12.1 Å². The Hall–Kier alpha value is -1.54. The molecule has 0 unspecified atom stereocenters. The van der Waals surface area contributed by atoms with Gasteiger partial charge in [0.25, 0.3) is 10.1 Å². The molecule has 102 valence electrons. The van der Waals surface area contributed by atoms with Crippen molar-refractivity contribution in [1.29, 1.82) is 0 Å². The van der Waals surface area contributed by atoms with E-state index >= 15 is 0 Å². The zero-order valence-corrected chi connectivity index (χ0v) is 11.5. The van der Waals surface area contributed by atoms with Crippen LogP contribution in [0.25, 0.3) is 0 Å². The smallest absolute Gasteiger partial charge is 0.338 e. The maximum absolute atomic E-state index is 11.6. The lowest BCUT2D eigenvalue weighted by atomic mass is 9.91. The first kappa shape index (κ1) is 15.5. The van der Waals surface area contributed by atoms with Crippen molar-refractivity contribution in [2.75, 3.05) is 31.4 Å². The van der Waals surface area contributed by atoms with Crippen LogP contribution >= 0.6 is 0 Å². The molecule has 0 amide bonds. The molecule has 0 fully saturated rings. The molecule has 1 N–H and O–H groups in total. The van der Waals surface area contributed by atoms with Gasteiger partial charge in [-0.15, -0.1) is 0 Å². The van der Waals surface area contributed by atoms with E-state index in [2.05, 4.69) is 0 Å². The number of carbonyl (C=O) groups is 1. The van der Waals surface area contributed by atoms with Crippen molar-refractivity contribution in [3.8, 4) is 0 Å². The van der Waals surface area contributed by atoms with Crippen molar-refractivity contribution < 1.29 is 22.5 Å². The van der Waals surface area contributed by atoms with Gasteiger partial charge in [-0.25, -0.2) is 4.79 Å². The molecule has 2 radical (unpaired) electrons. The summed E-state index contributed by atoms with van der Waals surface area (Å²) in [6.45, 7) is -0.410. The highest BCUT2D eigenvalue weighted by Crippen LogP contribution is 2.10. The summed E-state index contributed by atoms with van der Waals surface area (Å²) in [6, 6.07) is 4.64. The standard InChI is InChI=1S/C11H14BNO5S/c1-13(2)10-4-3-8(7-9(10)12)11(14)18-5-6-19(15,16)17/h3-4,7H,5-6H2,1-2H3,(H,15,16,17). The number of rotatable bonds is 5. The van der Waals surface area contributed by atoms with Crippen LogP contribution in [-0.4, -0.2) is 53.2 Å². The van der Waals surface area contributed by atoms with Gasteiger partial charge in [0, 0.05) is 19.8 Å². The van der Waals surface area contributed by atoms with Crippen LogP contribution in [0.1, 0.15) is 10.4 Å². The number of ether oxygens (including phenoxy) is 1. The highest BCUT2D eigenvalue weighted by molar-refractivity contribution is 7.85. The lowest BCUT2D eigenvalue weighted by Crippen LogP contribution is -2.21. The van der Waals surface area contributed by atoms with Gasteiger partial charge >= 0.3 is 5.97 Å². The molecule has 1 rings (SSSR count). The third-order valence-corrected chi connectivity index (χ3v) is 3.00. The number of benzene rings is 1. The summed E-state index contributed by atoms with van der Waals surface area (Å²) in [5, 5.41) is 0. The molecule has 8 heteroatoms. The van der Waals surface area contributed by atoms with Gasteiger partial charge in [0.2, 0.25) is 0 Å². The van der Waals surface area contributed by atoms with Crippen molar-refractivity contribution in [1.82, 2.24) is 0 Å². The van der Waals surface area contributed by atoms with Crippen LogP contribution in [0.2, 0.25) is 0 Å². The molecule has 0 saturated carbocycles. The van der Waals surface area contributed by atoms with Gasteiger partial charge in [-0.1, -0.05) is 11.5 Å². The number of hydrogen-bond acceptors (Lipinski definition) is 5. The molecule has 0 spiro atoms. The largest absolute Gasteiger partial charge is 0.461 e. The van der Waals surface area contributed by atoms with E-state index in [0.29, 0.717) is 5.46 Å².